The fourth-order valence-corrected chi connectivity index (χ4v) is 4.52. The monoisotopic (exact) mass is 384 g/mol. The first-order valence-electron chi connectivity index (χ1n) is 10.2. The van der Waals surface area contributed by atoms with Gasteiger partial charge in [-0.25, -0.2) is 0 Å². The van der Waals surface area contributed by atoms with Gasteiger partial charge in [-0.1, -0.05) is 30.2 Å². The maximum absolute atomic E-state index is 6.68. The number of hydrogen-bond acceptors (Lipinski definition) is 4. The van der Waals surface area contributed by atoms with Crippen molar-refractivity contribution in [2.75, 3.05) is 38.0 Å². The molecule has 1 aromatic heterocycles. The van der Waals surface area contributed by atoms with Crippen molar-refractivity contribution in [1.29, 1.82) is 0 Å². The molecule has 144 valence electrons. The lowest BCUT2D eigenvalue weighted by Gasteiger charge is -2.32. The highest BCUT2D eigenvalue weighted by Crippen LogP contribution is 2.34. The zero-order valence-electron chi connectivity index (χ0n) is 15.9. The minimum Gasteiger partial charge on any atom is -0.375 e. The molecule has 1 unspecified atom stereocenters. The second-order valence-corrected chi connectivity index (χ2v) is 8.06. The van der Waals surface area contributed by atoms with Gasteiger partial charge in [-0.05, 0) is 80.7 Å². The van der Waals surface area contributed by atoms with Gasteiger partial charge in [0, 0.05) is 18.9 Å². The molecule has 2 aromatic rings. The number of benzene rings is 1. The Morgan fingerprint density at radius 2 is 1.96 bits per heavy atom. The summed E-state index contributed by atoms with van der Waals surface area (Å²) in [5.74, 6) is 0. The molecule has 3 heterocycles. The van der Waals surface area contributed by atoms with Crippen LogP contribution in [0.1, 0.15) is 42.0 Å². The Hall–Kier alpha value is -1.62. The van der Waals surface area contributed by atoms with E-state index >= 15 is 0 Å². The number of anilines is 1. The molecule has 0 saturated carbocycles. The summed E-state index contributed by atoms with van der Waals surface area (Å²) in [6.45, 7) is 5.40. The lowest BCUT2D eigenvalue weighted by molar-refractivity contribution is 0.220. The van der Waals surface area contributed by atoms with Gasteiger partial charge in [-0.15, -0.1) is 0 Å². The number of aromatic nitrogens is 1. The minimum absolute atomic E-state index is 0.192. The number of piperidine rings is 1. The quantitative estimate of drug-likeness (QED) is 0.815. The highest BCUT2D eigenvalue weighted by Gasteiger charge is 2.22. The standard InChI is InChI=1S/C22H29ClN4/c23-20-7-6-17-8-11-24-12-9-19(17)22(20)26-21(18-5-4-10-25-15-18)16-27-13-2-1-3-14-27/h4-7,10,15,21,24,26H,1-3,8-9,11-14,16H2. The third-order valence-electron chi connectivity index (χ3n) is 5.78. The van der Waals surface area contributed by atoms with Gasteiger partial charge >= 0.3 is 0 Å². The average molecular weight is 385 g/mol. The zero-order valence-corrected chi connectivity index (χ0v) is 16.6. The molecular formula is C22H29ClN4. The van der Waals surface area contributed by atoms with Crippen LogP contribution in [0.3, 0.4) is 0 Å². The summed E-state index contributed by atoms with van der Waals surface area (Å²) in [7, 11) is 0. The van der Waals surface area contributed by atoms with Crippen LogP contribution < -0.4 is 10.6 Å². The number of nitrogens with zero attached hydrogens (tertiary/aromatic N) is 2. The first-order valence-corrected chi connectivity index (χ1v) is 10.6. The van der Waals surface area contributed by atoms with Crippen molar-refractivity contribution in [3.05, 3.63) is 58.4 Å². The number of halogens is 1. The summed E-state index contributed by atoms with van der Waals surface area (Å²) in [6.07, 6.45) is 9.85. The van der Waals surface area contributed by atoms with Gasteiger partial charge < -0.3 is 15.5 Å². The van der Waals surface area contributed by atoms with Crippen LogP contribution in [0.5, 0.6) is 0 Å². The maximum Gasteiger partial charge on any atom is 0.0656 e. The second kappa shape index (κ2) is 9.05. The van der Waals surface area contributed by atoms with Gasteiger partial charge in [0.1, 0.15) is 0 Å². The van der Waals surface area contributed by atoms with E-state index < -0.39 is 0 Å². The first-order chi connectivity index (χ1) is 13.3. The minimum atomic E-state index is 0.192. The van der Waals surface area contributed by atoms with Crippen LogP contribution in [-0.2, 0) is 12.8 Å². The van der Waals surface area contributed by atoms with E-state index in [1.807, 2.05) is 18.5 Å². The highest BCUT2D eigenvalue weighted by atomic mass is 35.5. The molecule has 2 N–H and O–H groups in total. The molecule has 1 atom stereocenters. The van der Waals surface area contributed by atoms with Crippen LogP contribution >= 0.6 is 11.6 Å². The van der Waals surface area contributed by atoms with E-state index in [0.29, 0.717) is 0 Å². The molecule has 0 spiro atoms. The number of nitrogens with one attached hydrogen (secondary N) is 2. The van der Waals surface area contributed by atoms with Gasteiger partial charge in [-0.3, -0.25) is 4.98 Å². The number of pyridine rings is 1. The largest absolute Gasteiger partial charge is 0.375 e. The lowest BCUT2D eigenvalue weighted by Crippen LogP contribution is -2.36. The average Bonchev–Trinajstić information content (AvgIpc) is 2.96. The van der Waals surface area contributed by atoms with E-state index in [4.69, 9.17) is 11.6 Å². The van der Waals surface area contributed by atoms with Gasteiger partial charge in [0.2, 0.25) is 0 Å². The molecule has 1 fully saturated rings. The third-order valence-corrected chi connectivity index (χ3v) is 6.09. The second-order valence-electron chi connectivity index (χ2n) is 7.65. The van der Waals surface area contributed by atoms with Gasteiger partial charge in [0.05, 0.1) is 16.8 Å². The molecule has 1 aromatic carbocycles. The van der Waals surface area contributed by atoms with Crippen molar-refractivity contribution in [1.82, 2.24) is 15.2 Å². The van der Waals surface area contributed by atoms with Crippen LogP contribution in [0.4, 0.5) is 5.69 Å². The Balaban J connectivity index is 1.63. The molecule has 1 saturated heterocycles. The van der Waals surface area contributed by atoms with Gasteiger partial charge in [0.25, 0.3) is 0 Å². The summed E-state index contributed by atoms with van der Waals surface area (Å²) in [4.78, 5) is 6.94. The molecule has 4 rings (SSSR count). The number of likely N-dealkylation sites (tertiary alicyclic amines) is 1. The van der Waals surface area contributed by atoms with E-state index in [-0.39, 0.29) is 6.04 Å². The summed E-state index contributed by atoms with van der Waals surface area (Å²) in [6, 6.07) is 8.63. The Kier molecular flexibility index (Phi) is 6.28. The topological polar surface area (TPSA) is 40.2 Å². The Morgan fingerprint density at radius 1 is 1.11 bits per heavy atom. The lowest BCUT2D eigenvalue weighted by atomic mass is 9.99. The van der Waals surface area contributed by atoms with Crippen LogP contribution in [0, 0.1) is 0 Å². The van der Waals surface area contributed by atoms with Crippen LogP contribution in [0.25, 0.3) is 0 Å². The Morgan fingerprint density at radius 3 is 2.78 bits per heavy atom. The SMILES string of the molecule is Clc1ccc2c(c1NC(CN1CCCCC1)c1cccnc1)CCNCC2. The predicted molar refractivity (Wildman–Crippen MR) is 113 cm³/mol. The van der Waals surface area contributed by atoms with E-state index in [2.05, 4.69) is 38.7 Å². The number of hydrogen-bond donors (Lipinski definition) is 2. The molecule has 0 radical (unpaired) electrons. The molecule has 5 heteroatoms. The summed E-state index contributed by atoms with van der Waals surface area (Å²) in [5.41, 5.74) is 5.13. The maximum atomic E-state index is 6.68. The van der Waals surface area contributed by atoms with Crippen molar-refractivity contribution in [3.63, 3.8) is 0 Å². The molecule has 27 heavy (non-hydrogen) atoms. The first kappa shape index (κ1) is 18.7. The van der Waals surface area contributed by atoms with E-state index in [1.165, 1.54) is 49.0 Å². The van der Waals surface area contributed by atoms with Crippen molar-refractivity contribution in [2.24, 2.45) is 0 Å². The smallest absolute Gasteiger partial charge is 0.0656 e. The molecule has 0 bridgehead atoms. The normalized spacial score (nSPS) is 19.1. The summed E-state index contributed by atoms with van der Waals surface area (Å²) in [5, 5.41) is 8.15. The molecule has 4 nitrogen and oxygen atoms in total. The molecule has 2 aliphatic rings. The third kappa shape index (κ3) is 4.63. The van der Waals surface area contributed by atoms with Crippen LogP contribution in [0.15, 0.2) is 36.7 Å². The van der Waals surface area contributed by atoms with Crippen molar-refractivity contribution in [2.45, 2.75) is 38.1 Å². The molecule has 0 aliphatic carbocycles. The van der Waals surface area contributed by atoms with Crippen LogP contribution in [-0.4, -0.2) is 42.6 Å². The Labute approximate surface area is 167 Å². The zero-order chi connectivity index (χ0) is 18.5. The van der Waals surface area contributed by atoms with Gasteiger partial charge in [-0.2, -0.15) is 0 Å². The summed E-state index contributed by atoms with van der Waals surface area (Å²) >= 11 is 6.68. The van der Waals surface area contributed by atoms with Crippen LogP contribution in [0.2, 0.25) is 5.02 Å². The number of fused-ring (bicyclic) bond motifs is 1. The summed E-state index contributed by atoms with van der Waals surface area (Å²) < 4.78 is 0. The van der Waals surface area contributed by atoms with Crippen molar-refractivity contribution >= 4 is 17.3 Å². The molecule has 2 aliphatic heterocycles. The Bertz CT molecular complexity index is 743. The fraction of sp³-hybridized carbons (Fsp3) is 0.500. The number of rotatable bonds is 5. The van der Waals surface area contributed by atoms with E-state index in [9.17, 15) is 0 Å². The van der Waals surface area contributed by atoms with Gasteiger partial charge in [0.15, 0.2) is 0 Å². The molecule has 0 amide bonds. The van der Waals surface area contributed by atoms with E-state index in [0.717, 1.165) is 43.2 Å². The predicted octanol–water partition coefficient (Wildman–Crippen LogP) is 4.06. The fourth-order valence-electron chi connectivity index (χ4n) is 4.29. The molecular weight excluding hydrogens is 356 g/mol. The van der Waals surface area contributed by atoms with Crippen molar-refractivity contribution in [3.8, 4) is 0 Å². The van der Waals surface area contributed by atoms with E-state index in [1.54, 1.807) is 0 Å². The van der Waals surface area contributed by atoms with Crippen molar-refractivity contribution < 1.29 is 0 Å². The highest BCUT2D eigenvalue weighted by molar-refractivity contribution is 6.33.